The lowest BCUT2D eigenvalue weighted by atomic mass is 10.1. The molecule has 5 heteroatoms. The first-order valence-corrected chi connectivity index (χ1v) is 6.38. The van der Waals surface area contributed by atoms with Crippen LogP contribution in [-0.2, 0) is 0 Å². The van der Waals surface area contributed by atoms with Crippen LogP contribution in [0.25, 0.3) is 10.8 Å². The van der Waals surface area contributed by atoms with Crippen LogP contribution in [0.4, 0.5) is 17.1 Å². The fourth-order valence-electron chi connectivity index (χ4n) is 2.26. The Morgan fingerprint density at radius 1 is 0.952 bits per heavy atom. The first kappa shape index (κ1) is 12.9. The monoisotopic (exact) mass is 280 g/mol. The molecule has 3 aromatic rings. The summed E-state index contributed by atoms with van der Waals surface area (Å²) in [5.74, 6) is 0.0480. The number of phenolic OH excluding ortho intramolecular Hbond substituents is 1. The smallest absolute Gasteiger partial charge is 0.292 e. The first-order valence-electron chi connectivity index (χ1n) is 6.38. The lowest BCUT2D eigenvalue weighted by Gasteiger charge is -2.12. The summed E-state index contributed by atoms with van der Waals surface area (Å²) in [5, 5.41) is 25.8. The summed E-state index contributed by atoms with van der Waals surface area (Å²) < 4.78 is 0. The number of para-hydroxylation sites is 2. The van der Waals surface area contributed by atoms with Crippen LogP contribution in [0.15, 0.2) is 60.7 Å². The highest BCUT2D eigenvalue weighted by atomic mass is 16.6. The van der Waals surface area contributed by atoms with Gasteiger partial charge in [-0.1, -0.05) is 42.5 Å². The number of nitro groups is 1. The van der Waals surface area contributed by atoms with E-state index in [4.69, 9.17) is 0 Å². The molecule has 0 saturated carbocycles. The van der Waals surface area contributed by atoms with E-state index >= 15 is 0 Å². The van der Waals surface area contributed by atoms with E-state index in [-0.39, 0.29) is 11.4 Å². The first-order chi connectivity index (χ1) is 10.2. The van der Waals surface area contributed by atoms with Crippen LogP contribution in [0.5, 0.6) is 5.75 Å². The fourth-order valence-corrected chi connectivity index (χ4v) is 2.26. The van der Waals surface area contributed by atoms with Crippen molar-refractivity contribution >= 4 is 27.8 Å². The molecule has 0 fully saturated rings. The molecule has 0 aliphatic rings. The third-order valence-corrected chi connectivity index (χ3v) is 3.27. The highest BCUT2D eigenvalue weighted by molar-refractivity contribution is 5.98. The summed E-state index contributed by atoms with van der Waals surface area (Å²) in [6.07, 6.45) is 0. The van der Waals surface area contributed by atoms with Crippen LogP contribution in [0.1, 0.15) is 0 Å². The van der Waals surface area contributed by atoms with Crippen molar-refractivity contribution in [2.75, 3.05) is 5.32 Å². The molecule has 0 bridgehead atoms. The minimum Gasteiger partial charge on any atom is -0.506 e. The van der Waals surface area contributed by atoms with Crippen molar-refractivity contribution in [2.45, 2.75) is 0 Å². The van der Waals surface area contributed by atoms with E-state index in [1.807, 2.05) is 24.3 Å². The standard InChI is InChI=1S/C16H12N2O3/c19-15-10-9-11-5-1-2-6-12(11)16(15)17-13-7-3-4-8-14(13)18(20)21/h1-10,17,19H. The number of hydrogen-bond donors (Lipinski definition) is 2. The van der Waals surface area contributed by atoms with Gasteiger partial charge in [0, 0.05) is 11.5 Å². The minimum atomic E-state index is -0.454. The van der Waals surface area contributed by atoms with E-state index in [1.165, 1.54) is 6.07 Å². The maximum Gasteiger partial charge on any atom is 0.292 e. The molecule has 0 atom stereocenters. The van der Waals surface area contributed by atoms with E-state index in [0.717, 1.165) is 10.8 Å². The van der Waals surface area contributed by atoms with Gasteiger partial charge in [0.1, 0.15) is 11.4 Å². The predicted octanol–water partition coefficient (Wildman–Crippen LogP) is 4.20. The number of aromatic hydroxyl groups is 1. The molecule has 0 aliphatic heterocycles. The van der Waals surface area contributed by atoms with Gasteiger partial charge >= 0.3 is 0 Å². The lowest BCUT2D eigenvalue weighted by Crippen LogP contribution is -1.97. The Balaban J connectivity index is 2.15. The van der Waals surface area contributed by atoms with Gasteiger partial charge in [0.2, 0.25) is 0 Å². The van der Waals surface area contributed by atoms with Gasteiger partial charge in [-0.15, -0.1) is 0 Å². The number of hydrogen-bond acceptors (Lipinski definition) is 4. The molecule has 21 heavy (non-hydrogen) atoms. The zero-order valence-electron chi connectivity index (χ0n) is 11.0. The maximum atomic E-state index is 11.1. The Morgan fingerprint density at radius 3 is 2.48 bits per heavy atom. The molecule has 104 valence electrons. The molecular formula is C16H12N2O3. The Morgan fingerprint density at radius 2 is 1.67 bits per heavy atom. The molecule has 0 spiro atoms. The predicted molar refractivity (Wildman–Crippen MR) is 82.0 cm³/mol. The molecule has 0 saturated heterocycles. The number of rotatable bonds is 3. The average molecular weight is 280 g/mol. The molecule has 5 nitrogen and oxygen atoms in total. The van der Waals surface area contributed by atoms with Crippen LogP contribution >= 0.6 is 0 Å². The van der Waals surface area contributed by atoms with Gasteiger partial charge in [0.15, 0.2) is 0 Å². The summed E-state index contributed by atoms with van der Waals surface area (Å²) in [4.78, 5) is 10.6. The summed E-state index contributed by atoms with van der Waals surface area (Å²) >= 11 is 0. The van der Waals surface area contributed by atoms with Gasteiger partial charge in [-0.3, -0.25) is 10.1 Å². The zero-order chi connectivity index (χ0) is 14.8. The van der Waals surface area contributed by atoms with Crippen molar-refractivity contribution in [3.05, 3.63) is 70.8 Å². The van der Waals surface area contributed by atoms with Crippen LogP contribution in [0.2, 0.25) is 0 Å². The van der Waals surface area contributed by atoms with Gasteiger partial charge < -0.3 is 10.4 Å². The topological polar surface area (TPSA) is 75.4 Å². The quantitative estimate of drug-likeness (QED) is 0.428. The van der Waals surface area contributed by atoms with E-state index in [0.29, 0.717) is 11.4 Å². The van der Waals surface area contributed by atoms with Crippen molar-refractivity contribution in [2.24, 2.45) is 0 Å². The second-order valence-electron chi connectivity index (χ2n) is 4.58. The second-order valence-corrected chi connectivity index (χ2v) is 4.58. The summed E-state index contributed by atoms with van der Waals surface area (Å²) in [6, 6.07) is 17.2. The summed E-state index contributed by atoms with van der Waals surface area (Å²) in [7, 11) is 0. The van der Waals surface area contributed by atoms with Gasteiger partial charge in [-0.25, -0.2) is 0 Å². The van der Waals surface area contributed by atoms with E-state index in [2.05, 4.69) is 5.32 Å². The minimum absolute atomic E-state index is 0.0372. The van der Waals surface area contributed by atoms with Gasteiger partial charge in [0.05, 0.1) is 10.6 Å². The van der Waals surface area contributed by atoms with Crippen molar-refractivity contribution < 1.29 is 10.0 Å². The Hall–Kier alpha value is -3.08. The van der Waals surface area contributed by atoms with Crippen molar-refractivity contribution in [1.82, 2.24) is 0 Å². The highest BCUT2D eigenvalue weighted by Crippen LogP contribution is 2.36. The molecular weight excluding hydrogens is 268 g/mol. The maximum absolute atomic E-state index is 11.1. The normalized spacial score (nSPS) is 10.5. The van der Waals surface area contributed by atoms with Crippen molar-refractivity contribution in [3.63, 3.8) is 0 Å². The van der Waals surface area contributed by atoms with Crippen LogP contribution in [-0.4, -0.2) is 10.0 Å². The molecule has 3 aromatic carbocycles. The molecule has 0 aromatic heterocycles. The molecule has 0 aliphatic carbocycles. The molecule has 0 amide bonds. The van der Waals surface area contributed by atoms with Crippen LogP contribution in [0, 0.1) is 10.1 Å². The summed E-state index contributed by atoms with van der Waals surface area (Å²) in [6.45, 7) is 0. The SMILES string of the molecule is O=[N+]([O-])c1ccccc1Nc1c(O)ccc2ccccc12. The van der Waals surface area contributed by atoms with Crippen LogP contribution in [0.3, 0.4) is 0 Å². The van der Waals surface area contributed by atoms with Crippen LogP contribution < -0.4 is 5.32 Å². The number of fused-ring (bicyclic) bond motifs is 1. The Bertz CT molecular complexity index is 831. The van der Waals surface area contributed by atoms with Gasteiger partial charge in [-0.2, -0.15) is 0 Å². The molecule has 0 radical (unpaired) electrons. The fraction of sp³-hybridized carbons (Fsp3) is 0. The average Bonchev–Trinajstić information content (AvgIpc) is 2.50. The van der Waals surface area contributed by atoms with Crippen molar-refractivity contribution in [3.8, 4) is 5.75 Å². The Kier molecular flexibility index (Phi) is 3.16. The third kappa shape index (κ3) is 2.36. The summed E-state index contributed by atoms with van der Waals surface area (Å²) in [5.41, 5.74) is 0.765. The van der Waals surface area contributed by atoms with E-state index in [1.54, 1.807) is 30.3 Å². The number of nitrogens with zero attached hydrogens (tertiary/aromatic N) is 1. The zero-order valence-corrected chi connectivity index (χ0v) is 11.0. The van der Waals surface area contributed by atoms with E-state index in [9.17, 15) is 15.2 Å². The number of phenols is 1. The molecule has 3 rings (SSSR count). The number of nitro benzene ring substituents is 1. The van der Waals surface area contributed by atoms with Gasteiger partial charge in [-0.05, 0) is 17.5 Å². The number of nitrogens with one attached hydrogen (secondary N) is 1. The number of anilines is 2. The van der Waals surface area contributed by atoms with E-state index < -0.39 is 4.92 Å². The van der Waals surface area contributed by atoms with Gasteiger partial charge in [0.25, 0.3) is 5.69 Å². The Labute approximate surface area is 120 Å². The molecule has 0 unspecified atom stereocenters. The lowest BCUT2D eigenvalue weighted by molar-refractivity contribution is -0.383. The van der Waals surface area contributed by atoms with Crippen molar-refractivity contribution in [1.29, 1.82) is 0 Å². The largest absolute Gasteiger partial charge is 0.506 e. The number of benzene rings is 3. The second kappa shape index (κ2) is 5.13. The molecule has 2 N–H and O–H groups in total. The third-order valence-electron chi connectivity index (χ3n) is 3.27. The molecule has 0 heterocycles. The highest BCUT2D eigenvalue weighted by Gasteiger charge is 2.15.